The van der Waals surface area contributed by atoms with Gasteiger partial charge in [-0.2, -0.15) is 0 Å². The van der Waals surface area contributed by atoms with Gasteiger partial charge in [0.25, 0.3) is 0 Å². The Hall–Kier alpha value is -1.10. The Labute approximate surface area is 126 Å². The molecule has 1 amide bonds. The van der Waals surface area contributed by atoms with Crippen LogP contribution < -0.4 is 10.6 Å². The van der Waals surface area contributed by atoms with E-state index >= 15 is 0 Å². The summed E-state index contributed by atoms with van der Waals surface area (Å²) in [5.74, 6) is -0.694. The van der Waals surface area contributed by atoms with E-state index in [0.717, 1.165) is 32.4 Å². The van der Waals surface area contributed by atoms with Crippen LogP contribution in [0, 0.1) is 16.7 Å². The molecule has 3 N–H and O–H groups in total. The molecule has 2 atom stereocenters. The number of carboxylic acids is 1. The SMILES string of the molecule is CC(C)(C)CC(CC(=O)O)NC(=O)C1CC12CCNCC2. The molecule has 0 bridgehead atoms. The smallest absolute Gasteiger partial charge is 0.305 e. The van der Waals surface area contributed by atoms with Crippen LogP contribution in [0.3, 0.4) is 0 Å². The van der Waals surface area contributed by atoms with Crippen molar-refractivity contribution in [3.63, 3.8) is 0 Å². The van der Waals surface area contributed by atoms with E-state index in [9.17, 15) is 9.59 Å². The van der Waals surface area contributed by atoms with Crippen LogP contribution in [0.4, 0.5) is 0 Å². The van der Waals surface area contributed by atoms with E-state index in [2.05, 4.69) is 31.4 Å². The van der Waals surface area contributed by atoms with Gasteiger partial charge >= 0.3 is 5.97 Å². The highest BCUT2D eigenvalue weighted by Gasteiger charge is 2.57. The fourth-order valence-electron chi connectivity index (χ4n) is 3.62. The number of carbonyl (C=O) groups excluding carboxylic acids is 1. The minimum Gasteiger partial charge on any atom is -0.481 e. The van der Waals surface area contributed by atoms with E-state index in [-0.39, 0.29) is 35.1 Å². The topological polar surface area (TPSA) is 78.4 Å². The van der Waals surface area contributed by atoms with Gasteiger partial charge in [-0.05, 0) is 49.6 Å². The van der Waals surface area contributed by atoms with Gasteiger partial charge < -0.3 is 15.7 Å². The van der Waals surface area contributed by atoms with E-state index < -0.39 is 5.97 Å². The van der Waals surface area contributed by atoms with E-state index in [4.69, 9.17) is 5.11 Å². The Balaban J connectivity index is 1.90. The third kappa shape index (κ3) is 4.43. The second-order valence-electron chi connectivity index (χ2n) is 7.94. The van der Waals surface area contributed by atoms with E-state index in [0.29, 0.717) is 6.42 Å². The fraction of sp³-hybridized carbons (Fsp3) is 0.875. The monoisotopic (exact) mass is 296 g/mol. The summed E-state index contributed by atoms with van der Waals surface area (Å²) in [5, 5.41) is 15.4. The normalized spacial score (nSPS) is 25.4. The number of aliphatic carboxylic acids is 1. The van der Waals surface area contributed by atoms with Gasteiger partial charge in [-0.1, -0.05) is 20.8 Å². The second kappa shape index (κ2) is 5.95. The minimum absolute atomic E-state index is 0.00337. The summed E-state index contributed by atoms with van der Waals surface area (Å²) in [4.78, 5) is 23.4. The van der Waals surface area contributed by atoms with Crippen molar-refractivity contribution in [2.45, 2.75) is 58.9 Å². The number of piperidine rings is 1. The van der Waals surface area contributed by atoms with Crippen molar-refractivity contribution in [1.29, 1.82) is 0 Å². The zero-order valence-electron chi connectivity index (χ0n) is 13.4. The molecule has 0 aromatic rings. The van der Waals surface area contributed by atoms with Crippen LogP contribution in [0.5, 0.6) is 0 Å². The number of hydrogen-bond donors (Lipinski definition) is 3. The lowest BCUT2D eigenvalue weighted by molar-refractivity contribution is -0.138. The first-order valence-corrected chi connectivity index (χ1v) is 7.95. The molecule has 2 aliphatic rings. The second-order valence-corrected chi connectivity index (χ2v) is 7.94. The van der Waals surface area contributed by atoms with Gasteiger partial charge in [0.2, 0.25) is 5.91 Å². The van der Waals surface area contributed by atoms with Crippen molar-refractivity contribution in [2.24, 2.45) is 16.7 Å². The van der Waals surface area contributed by atoms with Gasteiger partial charge in [0, 0.05) is 12.0 Å². The van der Waals surface area contributed by atoms with Crippen LogP contribution in [0.15, 0.2) is 0 Å². The lowest BCUT2D eigenvalue weighted by atomic mass is 9.86. The summed E-state index contributed by atoms with van der Waals surface area (Å²) in [5.41, 5.74) is 0.203. The molecule has 2 unspecified atom stereocenters. The van der Waals surface area contributed by atoms with E-state index in [1.54, 1.807) is 0 Å². The molecule has 0 radical (unpaired) electrons. The largest absolute Gasteiger partial charge is 0.481 e. The van der Waals surface area contributed by atoms with E-state index in [1.165, 1.54) is 0 Å². The highest BCUT2D eigenvalue weighted by molar-refractivity contribution is 5.83. The zero-order chi connectivity index (χ0) is 15.7. The Bertz CT molecular complexity index is 408. The first-order valence-electron chi connectivity index (χ1n) is 7.95. The van der Waals surface area contributed by atoms with Crippen molar-refractivity contribution in [3.05, 3.63) is 0 Å². The molecule has 1 aliphatic carbocycles. The molecule has 1 saturated heterocycles. The molecule has 0 aromatic carbocycles. The molecule has 0 aromatic heterocycles. The molecule has 5 heteroatoms. The van der Waals surface area contributed by atoms with Crippen molar-refractivity contribution >= 4 is 11.9 Å². The predicted octanol–water partition coefficient (Wildman–Crippen LogP) is 1.77. The van der Waals surface area contributed by atoms with Gasteiger partial charge in [-0.25, -0.2) is 0 Å². The molecule has 120 valence electrons. The predicted molar refractivity (Wildman–Crippen MR) is 80.9 cm³/mol. The molecule has 21 heavy (non-hydrogen) atoms. The van der Waals surface area contributed by atoms with Gasteiger partial charge in [0.1, 0.15) is 0 Å². The Kier molecular flexibility index (Phi) is 4.61. The lowest BCUT2D eigenvalue weighted by Gasteiger charge is -2.27. The van der Waals surface area contributed by atoms with Crippen LogP contribution >= 0.6 is 0 Å². The Morgan fingerprint density at radius 3 is 2.48 bits per heavy atom. The van der Waals surface area contributed by atoms with Crippen LogP contribution in [-0.2, 0) is 9.59 Å². The first kappa shape index (κ1) is 16.3. The van der Waals surface area contributed by atoms with Crippen LogP contribution in [0.25, 0.3) is 0 Å². The summed E-state index contributed by atoms with van der Waals surface area (Å²) < 4.78 is 0. The van der Waals surface area contributed by atoms with Crippen LogP contribution in [0.2, 0.25) is 0 Å². The Morgan fingerprint density at radius 2 is 1.95 bits per heavy atom. The summed E-state index contributed by atoms with van der Waals surface area (Å²) in [6, 6.07) is -0.269. The molecule has 1 spiro atoms. The molecular formula is C16H28N2O3. The quantitative estimate of drug-likeness (QED) is 0.722. The molecule has 1 heterocycles. The molecule has 2 fully saturated rings. The number of amides is 1. The van der Waals surface area contributed by atoms with Crippen molar-refractivity contribution in [3.8, 4) is 0 Å². The summed E-state index contributed by atoms with van der Waals surface area (Å²) in [6.07, 6.45) is 3.79. The minimum atomic E-state index is -0.850. The van der Waals surface area contributed by atoms with Crippen molar-refractivity contribution < 1.29 is 14.7 Å². The maximum atomic E-state index is 12.4. The molecule has 1 aliphatic heterocycles. The number of nitrogens with one attached hydrogen (secondary N) is 2. The highest BCUT2D eigenvalue weighted by Crippen LogP contribution is 2.58. The zero-order valence-corrected chi connectivity index (χ0v) is 13.4. The molecule has 1 saturated carbocycles. The van der Waals surface area contributed by atoms with Crippen LogP contribution in [-0.4, -0.2) is 36.1 Å². The molecular weight excluding hydrogens is 268 g/mol. The maximum absolute atomic E-state index is 12.4. The summed E-state index contributed by atoms with van der Waals surface area (Å²) in [7, 11) is 0. The van der Waals surface area contributed by atoms with Gasteiger partial charge in [0.15, 0.2) is 0 Å². The van der Waals surface area contributed by atoms with Gasteiger partial charge in [-0.3, -0.25) is 9.59 Å². The van der Waals surface area contributed by atoms with Crippen molar-refractivity contribution in [1.82, 2.24) is 10.6 Å². The lowest BCUT2D eigenvalue weighted by Crippen LogP contribution is -2.41. The van der Waals surface area contributed by atoms with E-state index in [1.807, 2.05) is 0 Å². The first-order chi connectivity index (χ1) is 9.72. The number of carboxylic acid groups (broad SMARTS) is 1. The van der Waals surface area contributed by atoms with Crippen molar-refractivity contribution in [2.75, 3.05) is 13.1 Å². The molecule has 2 rings (SSSR count). The number of rotatable bonds is 5. The maximum Gasteiger partial charge on any atom is 0.305 e. The van der Waals surface area contributed by atoms with Gasteiger partial charge in [-0.15, -0.1) is 0 Å². The molecule has 5 nitrogen and oxygen atoms in total. The fourth-order valence-corrected chi connectivity index (χ4v) is 3.62. The standard InChI is InChI=1S/C16H28N2O3/c1-15(2,3)9-11(8-13(19)20)18-14(21)12-10-16(12)4-6-17-7-5-16/h11-12,17H,4-10H2,1-3H3,(H,18,21)(H,19,20). The van der Waals surface area contributed by atoms with Crippen LogP contribution in [0.1, 0.15) is 52.9 Å². The highest BCUT2D eigenvalue weighted by atomic mass is 16.4. The van der Waals surface area contributed by atoms with Gasteiger partial charge in [0.05, 0.1) is 6.42 Å². The summed E-state index contributed by atoms with van der Waals surface area (Å²) >= 11 is 0. The average molecular weight is 296 g/mol. The average Bonchev–Trinajstić information content (AvgIpc) is 3.00. The summed E-state index contributed by atoms with van der Waals surface area (Å²) in [6.45, 7) is 8.19. The third-order valence-corrected chi connectivity index (χ3v) is 4.73. The number of hydrogen-bond acceptors (Lipinski definition) is 3. The number of carbonyl (C=O) groups is 2. The Morgan fingerprint density at radius 1 is 1.33 bits per heavy atom. The third-order valence-electron chi connectivity index (χ3n) is 4.73.